The Morgan fingerprint density at radius 1 is 1.38 bits per heavy atom. The van der Waals surface area contributed by atoms with Gasteiger partial charge < -0.3 is 4.90 Å². The molecule has 16 heavy (non-hydrogen) atoms. The van der Waals surface area contributed by atoms with Crippen molar-refractivity contribution in [3.8, 4) is 0 Å². The summed E-state index contributed by atoms with van der Waals surface area (Å²) in [5.41, 5.74) is 0. The van der Waals surface area contributed by atoms with Crippen molar-refractivity contribution in [1.82, 2.24) is 4.90 Å². The van der Waals surface area contributed by atoms with Gasteiger partial charge in [-0.15, -0.1) is 0 Å². The highest BCUT2D eigenvalue weighted by Gasteiger charge is 2.30. The van der Waals surface area contributed by atoms with Crippen LogP contribution in [0.2, 0.25) is 0 Å². The highest BCUT2D eigenvalue weighted by molar-refractivity contribution is 5.81. The number of rotatable bonds is 3. The number of hydrogen-bond donors (Lipinski definition) is 0. The molecule has 0 aromatic carbocycles. The molecule has 1 aliphatic carbocycles. The summed E-state index contributed by atoms with van der Waals surface area (Å²) in [6, 6.07) is 0. The van der Waals surface area contributed by atoms with Crippen LogP contribution in [0.15, 0.2) is 0 Å². The minimum Gasteiger partial charge on any atom is -0.302 e. The minimum atomic E-state index is 0.347. The lowest BCUT2D eigenvalue weighted by atomic mass is 9.81. The molecule has 2 aliphatic rings. The predicted molar refractivity (Wildman–Crippen MR) is 66.4 cm³/mol. The second-order valence-corrected chi connectivity index (χ2v) is 5.87. The highest BCUT2D eigenvalue weighted by atomic mass is 16.1. The first-order valence-electron chi connectivity index (χ1n) is 6.94. The quantitative estimate of drug-likeness (QED) is 0.733. The Labute approximate surface area is 99.4 Å². The molecule has 1 saturated heterocycles. The molecule has 2 fully saturated rings. The van der Waals surface area contributed by atoms with Crippen molar-refractivity contribution < 1.29 is 4.79 Å². The van der Waals surface area contributed by atoms with E-state index >= 15 is 0 Å². The molecule has 0 radical (unpaired) electrons. The molecule has 2 rings (SSSR count). The molecular weight excluding hydrogens is 198 g/mol. The molecule has 0 amide bonds. The Hall–Kier alpha value is -0.370. The van der Waals surface area contributed by atoms with E-state index in [9.17, 15) is 4.79 Å². The third-order valence-corrected chi connectivity index (χ3v) is 4.45. The Balaban J connectivity index is 1.82. The van der Waals surface area contributed by atoms with Gasteiger partial charge in [-0.05, 0) is 37.6 Å². The van der Waals surface area contributed by atoms with E-state index in [1.165, 1.54) is 25.9 Å². The molecule has 1 saturated carbocycles. The van der Waals surface area contributed by atoms with Crippen LogP contribution in [0.1, 0.15) is 46.0 Å². The monoisotopic (exact) mass is 223 g/mol. The zero-order chi connectivity index (χ0) is 11.5. The number of Topliss-reactive ketones (excluding diaryl/α,β-unsaturated/α-hetero) is 1. The summed E-state index contributed by atoms with van der Waals surface area (Å²) in [6.07, 6.45) is 5.72. The molecule has 0 aromatic rings. The number of ketones is 1. The normalized spacial score (nSPS) is 36.9. The maximum absolute atomic E-state index is 11.9. The number of likely N-dealkylation sites (tertiary alicyclic amines) is 1. The van der Waals surface area contributed by atoms with E-state index in [0.29, 0.717) is 11.7 Å². The Morgan fingerprint density at radius 3 is 2.88 bits per heavy atom. The maximum atomic E-state index is 11.9. The topological polar surface area (TPSA) is 20.3 Å². The van der Waals surface area contributed by atoms with Crippen LogP contribution in [-0.4, -0.2) is 30.3 Å². The predicted octanol–water partition coefficient (Wildman–Crippen LogP) is 2.72. The van der Waals surface area contributed by atoms with Gasteiger partial charge in [0.05, 0.1) is 0 Å². The SMILES string of the molecule is CCC1CCN(CC2CC(C)CCC2=O)C1. The van der Waals surface area contributed by atoms with Crippen LogP contribution in [0.5, 0.6) is 0 Å². The van der Waals surface area contributed by atoms with E-state index in [4.69, 9.17) is 0 Å². The van der Waals surface area contributed by atoms with Crippen LogP contribution in [0.25, 0.3) is 0 Å². The summed E-state index contributed by atoms with van der Waals surface area (Å²) in [5, 5.41) is 0. The third kappa shape index (κ3) is 2.85. The fourth-order valence-corrected chi connectivity index (χ4v) is 3.23. The summed E-state index contributed by atoms with van der Waals surface area (Å²) in [5.74, 6) is 2.51. The first-order valence-corrected chi connectivity index (χ1v) is 6.94. The molecule has 2 heteroatoms. The highest BCUT2D eigenvalue weighted by Crippen LogP contribution is 2.28. The summed E-state index contributed by atoms with van der Waals surface area (Å²) in [4.78, 5) is 14.4. The zero-order valence-corrected chi connectivity index (χ0v) is 10.7. The maximum Gasteiger partial charge on any atom is 0.137 e. The third-order valence-electron chi connectivity index (χ3n) is 4.45. The van der Waals surface area contributed by atoms with Crippen LogP contribution in [0.3, 0.4) is 0 Å². The van der Waals surface area contributed by atoms with Crippen molar-refractivity contribution in [2.24, 2.45) is 17.8 Å². The molecule has 3 unspecified atom stereocenters. The van der Waals surface area contributed by atoms with Gasteiger partial charge in [0.2, 0.25) is 0 Å². The van der Waals surface area contributed by atoms with E-state index in [-0.39, 0.29) is 0 Å². The molecule has 1 aliphatic heterocycles. The van der Waals surface area contributed by atoms with Crippen molar-refractivity contribution in [2.45, 2.75) is 46.0 Å². The Kier molecular flexibility index (Phi) is 4.01. The first-order chi connectivity index (χ1) is 7.69. The van der Waals surface area contributed by atoms with Crippen LogP contribution in [-0.2, 0) is 4.79 Å². The molecule has 1 heterocycles. The summed E-state index contributed by atoms with van der Waals surface area (Å²) in [6.45, 7) is 8.06. The largest absolute Gasteiger partial charge is 0.302 e. The lowest BCUT2D eigenvalue weighted by Crippen LogP contribution is -2.35. The number of carbonyl (C=O) groups excluding carboxylic acids is 1. The first kappa shape index (κ1) is 12.1. The van der Waals surface area contributed by atoms with Gasteiger partial charge in [0, 0.05) is 25.4 Å². The van der Waals surface area contributed by atoms with Gasteiger partial charge in [-0.2, -0.15) is 0 Å². The van der Waals surface area contributed by atoms with E-state index in [2.05, 4.69) is 18.7 Å². The molecule has 0 N–H and O–H groups in total. The fraction of sp³-hybridized carbons (Fsp3) is 0.929. The number of carbonyl (C=O) groups is 1. The van der Waals surface area contributed by atoms with Crippen LogP contribution < -0.4 is 0 Å². The second-order valence-electron chi connectivity index (χ2n) is 5.87. The smallest absolute Gasteiger partial charge is 0.137 e. The number of nitrogens with zero attached hydrogens (tertiary/aromatic N) is 1. The van der Waals surface area contributed by atoms with E-state index in [0.717, 1.165) is 37.6 Å². The average molecular weight is 223 g/mol. The van der Waals surface area contributed by atoms with E-state index < -0.39 is 0 Å². The van der Waals surface area contributed by atoms with Gasteiger partial charge in [-0.25, -0.2) is 0 Å². The van der Waals surface area contributed by atoms with Gasteiger partial charge in [0.1, 0.15) is 5.78 Å². The van der Waals surface area contributed by atoms with Crippen LogP contribution in [0, 0.1) is 17.8 Å². The standard InChI is InChI=1S/C14H25NO/c1-3-12-6-7-15(9-12)10-13-8-11(2)4-5-14(13)16/h11-13H,3-10H2,1-2H3. The van der Waals surface area contributed by atoms with Crippen molar-refractivity contribution in [1.29, 1.82) is 0 Å². The van der Waals surface area contributed by atoms with Gasteiger partial charge in [0.25, 0.3) is 0 Å². The average Bonchev–Trinajstić information content (AvgIpc) is 2.71. The minimum absolute atomic E-state index is 0.347. The summed E-state index contributed by atoms with van der Waals surface area (Å²) < 4.78 is 0. The van der Waals surface area contributed by atoms with Crippen LogP contribution >= 0.6 is 0 Å². The summed E-state index contributed by atoms with van der Waals surface area (Å²) in [7, 11) is 0. The fourth-order valence-electron chi connectivity index (χ4n) is 3.23. The zero-order valence-electron chi connectivity index (χ0n) is 10.7. The molecule has 3 atom stereocenters. The molecular formula is C14H25NO. The van der Waals surface area contributed by atoms with Crippen LogP contribution in [0.4, 0.5) is 0 Å². The molecule has 0 aromatic heterocycles. The van der Waals surface area contributed by atoms with Gasteiger partial charge in [-0.3, -0.25) is 4.79 Å². The summed E-state index contributed by atoms with van der Waals surface area (Å²) >= 11 is 0. The Morgan fingerprint density at radius 2 is 2.19 bits per heavy atom. The van der Waals surface area contributed by atoms with Crippen molar-refractivity contribution in [3.63, 3.8) is 0 Å². The van der Waals surface area contributed by atoms with E-state index in [1.54, 1.807) is 0 Å². The molecule has 92 valence electrons. The molecule has 2 nitrogen and oxygen atoms in total. The Bertz CT molecular complexity index is 251. The number of hydrogen-bond acceptors (Lipinski definition) is 2. The van der Waals surface area contributed by atoms with Crippen molar-refractivity contribution >= 4 is 5.78 Å². The lowest BCUT2D eigenvalue weighted by molar-refractivity contribution is -0.126. The molecule has 0 bridgehead atoms. The van der Waals surface area contributed by atoms with Gasteiger partial charge >= 0.3 is 0 Å². The van der Waals surface area contributed by atoms with Gasteiger partial charge in [-0.1, -0.05) is 20.3 Å². The van der Waals surface area contributed by atoms with Crippen molar-refractivity contribution in [2.75, 3.05) is 19.6 Å². The van der Waals surface area contributed by atoms with E-state index in [1.807, 2.05) is 0 Å². The second kappa shape index (κ2) is 5.31. The van der Waals surface area contributed by atoms with Crippen molar-refractivity contribution in [3.05, 3.63) is 0 Å². The lowest BCUT2D eigenvalue weighted by Gasteiger charge is -2.29. The van der Waals surface area contributed by atoms with Gasteiger partial charge in [0.15, 0.2) is 0 Å². The molecule has 0 spiro atoms.